The zero-order valence-corrected chi connectivity index (χ0v) is 29.0. The van der Waals surface area contributed by atoms with Crippen LogP contribution < -0.4 is 10.1 Å². The number of carboxylic acids is 1. The number of hydrogen-bond acceptors (Lipinski definition) is 9. The molecule has 2 aromatic carbocycles. The molecule has 2 atom stereocenters. The highest BCUT2D eigenvalue weighted by Gasteiger charge is 2.38. The van der Waals surface area contributed by atoms with Crippen LogP contribution in [0.25, 0.3) is 5.57 Å². The van der Waals surface area contributed by atoms with Gasteiger partial charge in [-0.15, -0.1) is 0 Å². The molecule has 2 aromatic heterocycles. The number of aliphatic hydroxyl groups excluding tert-OH is 2. The summed E-state index contributed by atoms with van der Waals surface area (Å²) in [5, 5.41) is 35.9. The van der Waals surface area contributed by atoms with Crippen molar-refractivity contribution in [1.29, 1.82) is 0 Å². The summed E-state index contributed by atoms with van der Waals surface area (Å²) < 4.78 is 53.2. The highest BCUT2D eigenvalue weighted by atomic mass is 35.5. The number of halogens is 5. The SMILES string of the molecule is C=C(CCc1nn(CC(O)CN2CCC(O)C2)cc1C)c1c(Nc2ccc(OCc3cccc(F)c3)c(Cl)c2)[nH]cnc1=S.O=C(O)C(F)(F)F. The Hall–Kier alpha value is -4.35. The Bertz CT molecular complexity index is 1890. The first kappa shape index (κ1) is 39.4. The van der Waals surface area contributed by atoms with E-state index >= 15 is 0 Å². The molecule has 5 rings (SSSR count). The minimum Gasteiger partial charge on any atom is -0.487 e. The number of H-pyrrole nitrogens is 1. The first-order valence-corrected chi connectivity index (χ1v) is 16.5. The van der Waals surface area contributed by atoms with Crippen molar-refractivity contribution in [3.63, 3.8) is 0 Å². The molecular formula is C34H37ClF4N6O5S. The first-order valence-electron chi connectivity index (χ1n) is 15.7. The molecule has 11 nitrogen and oxygen atoms in total. The van der Waals surface area contributed by atoms with Gasteiger partial charge in [-0.3, -0.25) is 9.58 Å². The van der Waals surface area contributed by atoms with Crippen molar-refractivity contribution in [3.05, 3.63) is 99.4 Å². The summed E-state index contributed by atoms with van der Waals surface area (Å²) in [5.41, 5.74) is 4.86. The number of ether oxygens (including phenoxy) is 1. The Kier molecular flexibility index (Phi) is 13.7. The van der Waals surface area contributed by atoms with Crippen LogP contribution >= 0.6 is 23.8 Å². The standard InChI is InChI=1S/C32H36ClFN6O3S.C2HF3O2/c1-20(6-8-28-21(2)14-40(38-28)17-26(42)16-39-11-10-25(41)15-39)30-31(35-19-36-32(30)44)37-24-7-9-29(27(33)13-24)43-18-22-4-3-5-23(34)12-22;3-2(4,5)1(6)7/h3-5,7,9,12-14,19,25-26,41-42H,1,6,8,10-11,15-18H2,2H3,(H2,35,36,37,44);(H,6,7). The summed E-state index contributed by atoms with van der Waals surface area (Å²) in [6.45, 7) is 8.77. The zero-order chi connectivity index (χ0) is 37.3. The van der Waals surface area contributed by atoms with Gasteiger partial charge in [0.15, 0.2) is 0 Å². The lowest BCUT2D eigenvalue weighted by Gasteiger charge is -2.19. The first-order chi connectivity index (χ1) is 24.1. The number of β-amino-alcohol motifs (C(OH)–C–C–N with tert-alkyl or cyclic N) is 2. The minimum absolute atomic E-state index is 0.188. The second-order valence-corrected chi connectivity index (χ2v) is 12.7. The van der Waals surface area contributed by atoms with Gasteiger partial charge < -0.3 is 30.4 Å². The van der Waals surface area contributed by atoms with E-state index in [-0.39, 0.29) is 18.5 Å². The smallest absolute Gasteiger partial charge is 0.487 e. The Balaban J connectivity index is 0.000000755. The number of carboxylic acid groups (broad SMARTS) is 1. The summed E-state index contributed by atoms with van der Waals surface area (Å²) in [7, 11) is 0. The van der Waals surface area contributed by atoms with E-state index in [2.05, 4.69) is 26.8 Å². The normalized spacial score (nSPS) is 15.2. The van der Waals surface area contributed by atoms with Gasteiger partial charge in [0, 0.05) is 31.5 Å². The number of allylic oxidation sites excluding steroid dienone is 1. The molecule has 1 aliphatic heterocycles. The molecule has 2 unspecified atom stereocenters. The average molecular weight is 753 g/mol. The molecule has 0 aliphatic carbocycles. The molecule has 51 heavy (non-hydrogen) atoms. The van der Waals surface area contributed by atoms with Crippen LogP contribution in [0, 0.1) is 17.4 Å². The Morgan fingerprint density at radius 2 is 2.00 bits per heavy atom. The predicted molar refractivity (Wildman–Crippen MR) is 186 cm³/mol. The monoisotopic (exact) mass is 752 g/mol. The van der Waals surface area contributed by atoms with Crippen LogP contribution in [0.2, 0.25) is 5.02 Å². The number of alkyl halides is 3. The molecule has 0 saturated carbocycles. The lowest BCUT2D eigenvalue weighted by Crippen LogP contribution is -2.34. The highest BCUT2D eigenvalue weighted by molar-refractivity contribution is 7.71. The summed E-state index contributed by atoms with van der Waals surface area (Å²) in [5.74, 6) is -1.96. The Morgan fingerprint density at radius 1 is 1.25 bits per heavy atom. The maximum atomic E-state index is 13.5. The zero-order valence-electron chi connectivity index (χ0n) is 27.5. The van der Waals surface area contributed by atoms with Gasteiger partial charge in [-0.2, -0.15) is 18.3 Å². The fourth-order valence-electron chi connectivity index (χ4n) is 5.30. The number of carbonyl (C=O) groups is 1. The second-order valence-electron chi connectivity index (χ2n) is 11.9. The third-order valence-corrected chi connectivity index (χ3v) is 8.36. The van der Waals surface area contributed by atoms with Crippen LogP contribution in [0.5, 0.6) is 5.75 Å². The fraction of sp³-hybridized carbons (Fsp3) is 0.353. The van der Waals surface area contributed by atoms with Crippen molar-refractivity contribution in [2.24, 2.45) is 0 Å². The maximum Gasteiger partial charge on any atom is 0.490 e. The van der Waals surface area contributed by atoms with Crippen molar-refractivity contribution in [1.82, 2.24) is 24.6 Å². The second kappa shape index (κ2) is 17.7. The van der Waals surface area contributed by atoms with Gasteiger partial charge in [-0.25, -0.2) is 14.2 Å². The third kappa shape index (κ3) is 11.9. The van der Waals surface area contributed by atoms with Crippen LogP contribution in [-0.4, -0.2) is 84.0 Å². The summed E-state index contributed by atoms with van der Waals surface area (Å²) >= 11 is 12.1. The van der Waals surface area contributed by atoms with E-state index in [4.69, 9.17) is 43.6 Å². The molecule has 3 heterocycles. The van der Waals surface area contributed by atoms with Crippen LogP contribution in [-0.2, 0) is 24.4 Å². The number of aliphatic hydroxyl groups is 2. The summed E-state index contributed by atoms with van der Waals surface area (Å²) in [4.78, 5) is 18.4. The average Bonchev–Trinajstić information content (AvgIpc) is 3.62. The number of anilines is 2. The van der Waals surface area contributed by atoms with E-state index in [1.807, 2.05) is 19.2 Å². The van der Waals surface area contributed by atoms with E-state index in [9.17, 15) is 27.8 Å². The number of nitrogens with one attached hydrogen (secondary N) is 2. The van der Waals surface area contributed by atoms with Gasteiger partial charge in [-0.05, 0) is 73.2 Å². The van der Waals surface area contributed by atoms with Crippen LogP contribution in [0.1, 0.15) is 35.2 Å². The van der Waals surface area contributed by atoms with E-state index in [0.29, 0.717) is 70.5 Å². The van der Waals surface area contributed by atoms with Gasteiger partial charge in [0.05, 0.1) is 41.4 Å². The van der Waals surface area contributed by atoms with E-state index in [1.165, 1.54) is 18.5 Å². The third-order valence-electron chi connectivity index (χ3n) is 7.76. The molecule has 4 aromatic rings. The molecule has 17 heteroatoms. The van der Waals surface area contributed by atoms with Gasteiger partial charge in [-0.1, -0.05) is 42.5 Å². The number of aryl methyl sites for hydroxylation is 2. The quantitative estimate of drug-likeness (QED) is 0.0761. The number of aromatic amines is 1. The van der Waals surface area contributed by atoms with E-state index in [0.717, 1.165) is 29.8 Å². The number of aromatic nitrogens is 4. The number of hydrogen-bond donors (Lipinski definition) is 5. The molecule has 0 bridgehead atoms. The van der Waals surface area contributed by atoms with Gasteiger partial charge in [0.25, 0.3) is 0 Å². The molecule has 1 fully saturated rings. The number of likely N-dealkylation sites (tertiary alicyclic amines) is 1. The molecular weight excluding hydrogens is 716 g/mol. The topological polar surface area (TPSA) is 149 Å². The number of rotatable bonds is 13. The molecule has 5 N–H and O–H groups in total. The van der Waals surface area contributed by atoms with Crippen molar-refractivity contribution in [2.75, 3.05) is 25.0 Å². The predicted octanol–water partition coefficient (Wildman–Crippen LogP) is 6.47. The summed E-state index contributed by atoms with van der Waals surface area (Å²) in [6, 6.07) is 11.5. The summed E-state index contributed by atoms with van der Waals surface area (Å²) in [6.07, 6.45) is -0.524. The lowest BCUT2D eigenvalue weighted by molar-refractivity contribution is -0.192. The van der Waals surface area contributed by atoms with Gasteiger partial charge in [0.1, 0.15) is 28.6 Å². The van der Waals surface area contributed by atoms with E-state index < -0.39 is 18.2 Å². The fourth-order valence-corrected chi connectivity index (χ4v) is 5.83. The lowest BCUT2D eigenvalue weighted by atomic mass is 10.0. The molecule has 274 valence electrons. The van der Waals surface area contributed by atoms with Crippen molar-refractivity contribution in [3.8, 4) is 5.75 Å². The van der Waals surface area contributed by atoms with E-state index in [1.54, 1.807) is 28.9 Å². The van der Waals surface area contributed by atoms with Gasteiger partial charge >= 0.3 is 12.1 Å². The van der Waals surface area contributed by atoms with Crippen LogP contribution in [0.3, 0.4) is 0 Å². The van der Waals surface area contributed by atoms with Crippen molar-refractivity contribution < 1.29 is 42.4 Å². The van der Waals surface area contributed by atoms with Crippen LogP contribution in [0.15, 0.2) is 61.6 Å². The highest BCUT2D eigenvalue weighted by Crippen LogP contribution is 2.32. The molecule has 1 aliphatic rings. The number of benzene rings is 2. The molecule has 0 amide bonds. The Labute approximate surface area is 301 Å². The molecule has 1 saturated heterocycles. The van der Waals surface area contributed by atoms with Crippen molar-refractivity contribution in [2.45, 2.75) is 57.7 Å². The number of aliphatic carboxylic acids is 1. The minimum atomic E-state index is -5.08. The maximum absolute atomic E-state index is 13.5. The Morgan fingerprint density at radius 3 is 2.65 bits per heavy atom. The molecule has 0 radical (unpaired) electrons. The number of nitrogens with zero attached hydrogens (tertiary/aromatic N) is 4. The largest absolute Gasteiger partial charge is 0.490 e. The van der Waals surface area contributed by atoms with Crippen LogP contribution in [0.4, 0.5) is 29.1 Å². The molecule has 0 spiro atoms. The van der Waals surface area contributed by atoms with Gasteiger partial charge in [0.2, 0.25) is 0 Å². The van der Waals surface area contributed by atoms with Crippen molar-refractivity contribution >= 4 is 46.9 Å².